The summed E-state index contributed by atoms with van der Waals surface area (Å²) in [7, 11) is 2.09. The number of carbonyl (C=O) groups is 2. The molecule has 0 spiro atoms. The maximum Gasteiger partial charge on any atom is 0.227 e. The third-order valence-corrected chi connectivity index (χ3v) is 8.14. The lowest BCUT2D eigenvalue weighted by Gasteiger charge is -2.34. The predicted molar refractivity (Wildman–Crippen MR) is 162 cm³/mol. The molecule has 1 saturated carbocycles. The van der Waals surface area contributed by atoms with E-state index in [0.29, 0.717) is 24.5 Å². The Labute approximate surface area is 243 Å². The summed E-state index contributed by atoms with van der Waals surface area (Å²) in [4.78, 5) is 29.8. The van der Waals surface area contributed by atoms with Gasteiger partial charge in [0.25, 0.3) is 0 Å². The Morgan fingerprint density at radius 1 is 1.07 bits per heavy atom. The number of hydrogen-bond donors (Lipinski definition) is 2. The number of rotatable bonds is 9. The highest BCUT2D eigenvalue weighted by molar-refractivity contribution is 5.94. The highest BCUT2D eigenvalue weighted by Gasteiger charge is 2.32. The van der Waals surface area contributed by atoms with E-state index < -0.39 is 0 Å². The SMILES string of the molecule is C[C@H]1CN([C@@H](C)CO)C(=O)Cc2cc(NC(=O)C3CC3)ccc2O[C@H]1CN(C)Cc1ccc(-c2ccccc2)cc1. The molecule has 0 aromatic heterocycles. The first kappa shape index (κ1) is 28.8. The van der Waals surface area contributed by atoms with Crippen molar-refractivity contribution in [2.75, 3.05) is 32.1 Å². The smallest absolute Gasteiger partial charge is 0.227 e. The summed E-state index contributed by atoms with van der Waals surface area (Å²) in [5, 5.41) is 12.9. The summed E-state index contributed by atoms with van der Waals surface area (Å²) in [6.45, 7) is 5.79. The molecule has 1 aliphatic heterocycles. The molecule has 0 bridgehead atoms. The van der Waals surface area contributed by atoms with Gasteiger partial charge in [-0.1, -0.05) is 61.5 Å². The summed E-state index contributed by atoms with van der Waals surface area (Å²) >= 11 is 0. The van der Waals surface area contributed by atoms with Crippen molar-refractivity contribution in [1.82, 2.24) is 9.80 Å². The zero-order valence-electron chi connectivity index (χ0n) is 24.3. The minimum absolute atomic E-state index is 0.0241. The number of fused-ring (bicyclic) bond motifs is 1. The molecule has 3 aromatic rings. The van der Waals surface area contributed by atoms with E-state index in [0.717, 1.165) is 24.9 Å². The van der Waals surface area contributed by atoms with Gasteiger partial charge in [0.2, 0.25) is 11.8 Å². The predicted octanol–water partition coefficient (Wildman–Crippen LogP) is 4.98. The number of ether oxygens (including phenoxy) is 1. The van der Waals surface area contributed by atoms with Crippen LogP contribution in [0.15, 0.2) is 72.8 Å². The summed E-state index contributed by atoms with van der Waals surface area (Å²) in [5.74, 6) is 0.756. The van der Waals surface area contributed by atoms with Crippen molar-refractivity contribution < 1.29 is 19.4 Å². The zero-order chi connectivity index (χ0) is 28.9. The molecule has 1 fully saturated rings. The van der Waals surface area contributed by atoms with Crippen molar-refractivity contribution in [3.63, 3.8) is 0 Å². The van der Waals surface area contributed by atoms with Crippen LogP contribution < -0.4 is 10.1 Å². The van der Waals surface area contributed by atoms with Crippen LogP contribution in [0.3, 0.4) is 0 Å². The number of carbonyl (C=O) groups excluding carboxylic acids is 2. The Kier molecular flexibility index (Phi) is 9.06. The van der Waals surface area contributed by atoms with Crippen molar-refractivity contribution in [3.8, 4) is 16.9 Å². The number of likely N-dealkylation sites (N-methyl/N-ethyl adjacent to an activating group) is 1. The van der Waals surface area contributed by atoms with Crippen molar-refractivity contribution in [3.05, 3.63) is 83.9 Å². The van der Waals surface area contributed by atoms with Crippen LogP contribution in [0.25, 0.3) is 11.1 Å². The number of aliphatic hydroxyl groups is 1. The molecule has 0 unspecified atom stereocenters. The number of nitrogens with zero attached hydrogens (tertiary/aromatic N) is 2. The third-order valence-electron chi connectivity index (χ3n) is 8.14. The lowest BCUT2D eigenvalue weighted by Crippen LogP contribution is -2.47. The van der Waals surface area contributed by atoms with Crippen LogP contribution >= 0.6 is 0 Å². The highest BCUT2D eigenvalue weighted by atomic mass is 16.5. The average molecular weight is 556 g/mol. The minimum Gasteiger partial charge on any atom is -0.488 e. The number of nitrogens with one attached hydrogen (secondary N) is 1. The minimum atomic E-state index is -0.300. The van der Waals surface area contributed by atoms with Gasteiger partial charge in [-0.25, -0.2) is 0 Å². The number of aliphatic hydroxyl groups excluding tert-OH is 1. The Morgan fingerprint density at radius 3 is 2.46 bits per heavy atom. The molecule has 7 nitrogen and oxygen atoms in total. The molecular weight excluding hydrogens is 514 g/mol. The lowest BCUT2D eigenvalue weighted by atomic mass is 10.0. The second kappa shape index (κ2) is 12.9. The lowest BCUT2D eigenvalue weighted by molar-refractivity contribution is -0.134. The fourth-order valence-corrected chi connectivity index (χ4v) is 5.43. The molecule has 41 heavy (non-hydrogen) atoms. The summed E-state index contributed by atoms with van der Waals surface area (Å²) in [5.41, 5.74) is 5.03. The van der Waals surface area contributed by atoms with Crippen molar-refractivity contribution in [1.29, 1.82) is 0 Å². The van der Waals surface area contributed by atoms with E-state index in [4.69, 9.17) is 4.74 Å². The van der Waals surface area contributed by atoms with E-state index >= 15 is 0 Å². The number of amides is 2. The van der Waals surface area contributed by atoms with E-state index in [9.17, 15) is 14.7 Å². The van der Waals surface area contributed by atoms with Crippen LogP contribution in [0.2, 0.25) is 0 Å². The van der Waals surface area contributed by atoms with Crippen LogP contribution in [0.5, 0.6) is 5.75 Å². The first-order valence-electron chi connectivity index (χ1n) is 14.6. The molecule has 0 radical (unpaired) electrons. The van der Waals surface area contributed by atoms with Gasteiger partial charge in [-0.2, -0.15) is 0 Å². The average Bonchev–Trinajstić information content (AvgIpc) is 3.82. The van der Waals surface area contributed by atoms with Gasteiger partial charge in [0.05, 0.1) is 19.1 Å². The topological polar surface area (TPSA) is 82.1 Å². The van der Waals surface area contributed by atoms with E-state index in [1.165, 1.54) is 16.7 Å². The molecular formula is C34H41N3O4. The Bertz CT molecular complexity index is 1340. The first-order valence-corrected chi connectivity index (χ1v) is 14.6. The van der Waals surface area contributed by atoms with Crippen LogP contribution in [-0.2, 0) is 22.6 Å². The van der Waals surface area contributed by atoms with Crippen LogP contribution in [0.4, 0.5) is 5.69 Å². The van der Waals surface area contributed by atoms with Crippen LogP contribution in [0, 0.1) is 11.8 Å². The van der Waals surface area contributed by atoms with E-state index in [1.54, 1.807) is 4.90 Å². The zero-order valence-corrected chi connectivity index (χ0v) is 24.3. The van der Waals surface area contributed by atoms with Gasteiger partial charge in [0, 0.05) is 42.7 Å². The van der Waals surface area contributed by atoms with Crippen molar-refractivity contribution >= 4 is 17.5 Å². The molecule has 1 aliphatic carbocycles. The van der Waals surface area contributed by atoms with Crippen LogP contribution in [0.1, 0.15) is 37.8 Å². The highest BCUT2D eigenvalue weighted by Crippen LogP contribution is 2.32. The normalized spacial score (nSPS) is 19.9. The summed E-state index contributed by atoms with van der Waals surface area (Å²) < 4.78 is 6.65. The Hall–Kier alpha value is -3.68. The fourth-order valence-electron chi connectivity index (χ4n) is 5.43. The molecule has 5 rings (SSSR count). The van der Waals surface area contributed by atoms with Gasteiger partial charge in [0.15, 0.2) is 0 Å². The quantitative estimate of drug-likeness (QED) is 0.389. The van der Waals surface area contributed by atoms with E-state index in [2.05, 4.69) is 72.7 Å². The maximum absolute atomic E-state index is 13.4. The maximum atomic E-state index is 13.4. The number of benzene rings is 3. The van der Waals surface area contributed by atoms with Gasteiger partial charge in [0.1, 0.15) is 11.9 Å². The Balaban J connectivity index is 1.33. The van der Waals surface area contributed by atoms with Crippen molar-refractivity contribution in [2.24, 2.45) is 11.8 Å². The van der Waals surface area contributed by atoms with Crippen molar-refractivity contribution in [2.45, 2.75) is 51.8 Å². The number of anilines is 1. The van der Waals surface area contributed by atoms with E-state index in [-0.39, 0.29) is 48.8 Å². The molecule has 3 atom stereocenters. The molecule has 7 heteroatoms. The van der Waals surface area contributed by atoms with Gasteiger partial charge >= 0.3 is 0 Å². The molecule has 2 aliphatic rings. The third kappa shape index (κ3) is 7.34. The molecule has 2 N–H and O–H groups in total. The monoisotopic (exact) mass is 555 g/mol. The van der Waals surface area contributed by atoms with Gasteiger partial charge in [-0.05, 0) is 61.7 Å². The molecule has 2 amide bonds. The van der Waals surface area contributed by atoms with Gasteiger partial charge in [-0.15, -0.1) is 0 Å². The van der Waals surface area contributed by atoms with Crippen LogP contribution in [-0.4, -0.2) is 65.6 Å². The molecule has 3 aromatic carbocycles. The summed E-state index contributed by atoms with van der Waals surface area (Å²) in [6, 6.07) is 24.3. The largest absolute Gasteiger partial charge is 0.488 e. The second-order valence-corrected chi connectivity index (χ2v) is 11.7. The standard InChI is InChI=1S/C34H41N3O4/c1-23-19-37(24(2)22-38)33(39)18-29-17-30(35-34(40)28-13-14-28)15-16-31(29)41-32(23)21-36(3)20-25-9-11-27(12-10-25)26-7-5-4-6-8-26/h4-12,15-17,23-24,28,32,38H,13-14,18-22H2,1-3H3,(H,35,40)/t23-,24-,32-/m0/s1. The molecule has 216 valence electrons. The molecule has 0 saturated heterocycles. The number of hydrogen-bond acceptors (Lipinski definition) is 5. The van der Waals surface area contributed by atoms with E-state index in [1.807, 2.05) is 31.2 Å². The first-order chi connectivity index (χ1) is 19.8. The molecule has 1 heterocycles. The summed E-state index contributed by atoms with van der Waals surface area (Å²) in [6.07, 6.45) is 1.82. The van der Waals surface area contributed by atoms with Gasteiger partial charge < -0.3 is 20.1 Å². The Morgan fingerprint density at radius 2 is 1.78 bits per heavy atom. The second-order valence-electron chi connectivity index (χ2n) is 11.7. The fraction of sp³-hybridized carbons (Fsp3) is 0.412. The van der Waals surface area contributed by atoms with Gasteiger partial charge in [-0.3, -0.25) is 14.5 Å².